The molecule has 2 saturated heterocycles. The van der Waals surface area contributed by atoms with Crippen LogP contribution in [0.3, 0.4) is 0 Å². The van der Waals surface area contributed by atoms with Gasteiger partial charge < -0.3 is 170 Å². The highest BCUT2D eigenvalue weighted by atomic mass is 32.2. The van der Waals surface area contributed by atoms with Gasteiger partial charge in [-0.15, -0.1) is 0 Å². The summed E-state index contributed by atoms with van der Waals surface area (Å²) in [6.45, 7) is 16.3. The van der Waals surface area contributed by atoms with Crippen LogP contribution >= 0.6 is 11.8 Å². The first-order chi connectivity index (χ1) is 59.4. The molecule has 0 spiro atoms. The number of carbonyl (C=O) groups excluding carboxylic acids is 14. The number of aliphatic hydroxyl groups excluding tert-OH is 7. The van der Waals surface area contributed by atoms with E-state index in [0.717, 1.165) is 13.8 Å². The van der Waals surface area contributed by atoms with Gasteiger partial charge in [0.2, 0.25) is 82.7 Å². The van der Waals surface area contributed by atoms with Gasteiger partial charge in [0.05, 0.1) is 44.8 Å². The second-order valence-corrected chi connectivity index (χ2v) is 34.0. The quantitative estimate of drug-likeness (QED) is 0.0153. The monoisotopic (exact) mass is 1830 g/mol. The minimum atomic E-state index is -2.20. The Hall–Kier alpha value is -10.2. The van der Waals surface area contributed by atoms with E-state index in [1.54, 1.807) is 48.5 Å². The molecular weight excluding hydrogens is 1700 g/mol. The second-order valence-electron chi connectivity index (χ2n) is 32.3. The normalized spacial score (nSPS) is 21.8. The maximum absolute atomic E-state index is 15.3. The van der Waals surface area contributed by atoms with Gasteiger partial charge in [-0.1, -0.05) is 55.4 Å². The Kier molecular flexibility index (Phi) is 50.5. The van der Waals surface area contributed by atoms with Crippen molar-refractivity contribution in [3.05, 3.63) is 0 Å². The summed E-state index contributed by atoms with van der Waals surface area (Å²) in [7, 11) is 0. The number of carboxylic acids is 1. The Morgan fingerprint density at radius 2 is 0.795 bits per heavy atom. The highest BCUT2D eigenvalue weighted by molar-refractivity contribution is 7.99. The van der Waals surface area contributed by atoms with Crippen LogP contribution in [0.15, 0.2) is 15.0 Å². The zero-order valence-corrected chi connectivity index (χ0v) is 74.9. The molecule has 14 amide bonds. The van der Waals surface area contributed by atoms with Crippen molar-refractivity contribution in [2.45, 2.75) is 306 Å². The number of amides is 14. The van der Waals surface area contributed by atoms with Crippen LogP contribution in [-0.2, 0) is 86.1 Å². The Morgan fingerprint density at radius 3 is 1.17 bits per heavy atom. The van der Waals surface area contributed by atoms with Crippen LogP contribution in [0.5, 0.6) is 0 Å². The first-order valence-electron chi connectivity index (χ1n) is 41.8. The van der Waals surface area contributed by atoms with Crippen molar-refractivity contribution in [2.75, 3.05) is 45.2 Å². The maximum atomic E-state index is 15.3. The number of rotatable bonds is 56. The predicted octanol–water partition coefficient (Wildman–Crippen LogP) is -11.6. The van der Waals surface area contributed by atoms with E-state index >= 15 is 9.59 Å². The molecule has 2 rings (SSSR count). The van der Waals surface area contributed by atoms with Crippen LogP contribution in [0.1, 0.15) is 161 Å². The average molecular weight is 1840 g/mol. The van der Waals surface area contributed by atoms with E-state index < -0.39 is 285 Å². The zero-order valence-electron chi connectivity index (χ0n) is 74.0. The van der Waals surface area contributed by atoms with E-state index in [0.29, 0.717) is 5.75 Å². The highest BCUT2D eigenvalue weighted by Crippen LogP contribution is 2.30. The average Bonchev–Trinajstić information content (AvgIpc) is 0.774. The first-order valence-corrected chi connectivity index (χ1v) is 42.9. The van der Waals surface area contributed by atoms with Gasteiger partial charge in [-0.05, 0) is 102 Å². The maximum Gasteiger partial charge on any atom is 0.305 e. The lowest BCUT2D eigenvalue weighted by Crippen LogP contribution is -2.71. The van der Waals surface area contributed by atoms with Crippen LogP contribution in [0, 0.1) is 17.8 Å². The van der Waals surface area contributed by atoms with Crippen molar-refractivity contribution >= 4 is 118 Å². The largest absolute Gasteiger partial charge is 0.481 e. The predicted molar refractivity (Wildman–Crippen MR) is 460 cm³/mol. The van der Waals surface area contributed by atoms with Crippen molar-refractivity contribution in [1.29, 1.82) is 0 Å². The van der Waals surface area contributed by atoms with E-state index in [2.05, 4.69) is 89.4 Å². The number of hydrogen-bond acceptors (Lipinski definition) is 30. The van der Waals surface area contributed by atoms with Gasteiger partial charge in [-0.3, -0.25) is 86.9 Å². The number of thioether (sulfide) groups is 1. The highest BCUT2D eigenvalue weighted by Gasteiger charge is 2.53. The van der Waals surface area contributed by atoms with Gasteiger partial charge >= 0.3 is 5.97 Å². The lowest BCUT2D eigenvalue weighted by molar-refractivity contribution is -0.315. The van der Waals surface area contributed by atoms with Crippen LogP contribution in [-0.4, -0.2) is 338 Å². The van der Waals surface area contributed by atoms with Gasteiger partial charge in [-0.25, -0.2) is 0 Å². The van der Waals surface area contributed by atoms with Crippen molar-refractivity contribution in [3.8, 4) is 0 Å². The summed E-state index contributed by atoms with van der Waals surface area (Å²) in [5, 5.41) is 120. The third-order valence-corrected chi connectivity index (χ3v) is 21.0. The second kappa shape index (κ2) is 56.9. The smallest absolute Gasteiger partial charge is 0.305 e. The first kappa shape index (κ1) is 113. The molecule has 0 saturated carbocycles. The molecule has 36 N–H and O–H groups in total. The summed E-state index contributed by atoms with van der Waals surface area (Å²) in [5.74, 6) is -18.4. The molecule has 0 aliphatic carbocycles. The molecule has 724 valence electrons. The Balaban J connectivity index is 2.91. The molecule has 6 unspecified atom stereocenters. The van der Waals surface area contributed by atoms with E-state index in [-0.39, 0.29) is 94.1 Å². The number of nitrogens with one attached hydrogen (secondary N) is 14. The molecule has 2 heterocycles. The number of hydrogen-bond donors (Lipinski definition) is 29. The van der Waals surface area contributed by atoms with Crippen LogP contribution in [0.25, 0.3) is 0 Å². The third-order valence-electron chi connectivity index (χ3n) is 19.7. The number of ether oxygens (including phenoxy) is 3. The Morgan fingerprint density at radius 1 is 0.433 bits per heavy atom. The molecular formula is C76H138N24O26S. The summed E-state index contributed by atoms with van der Waals surface area (Å²) in [4.78, 5) is 222. The zero-order chi connectivity index (χ0) is 96.6. The summed E-state index contributed by atoms with van der Waals surface area (Å²) in [6.07, 6.45) is -19.9. The minimum Gasteiger partial charge on any atom is -0.481 e. The standard InChI is InChI=1S/C76H138N24O26S/c1-14-127-38(11)36(9)87-71(123)54(37(10)104)100-69(121)48(28-53(108)109)97-64(116)43(20-17-23-86-76(82)83)92-70(122)49(29-101)98-67(119)46(26-34(6)7)95-68(120)47(27-52(107)99-72-55(88-39(12)105)59(112)60(51(31-103)124-72)126-73-56(89-40(13)106)58(111)57(110)50(30-102)125-73)96-66(118)45(25-33(4)5)94-65(117)44(24-32(2)3)93-63(115)42(19-16-22-85-75(80)81)91-62(114)41(90-61(113)35(8)77)18-15-21-84-74(78)79/h32-38,41-51,54-60,72-73,101-104,110-112H,14-31,77H2,1-13H3,(H,87,123)(H,88,105)(H,89,106)(H,90,113)(H,91,114)(H,92,122)(H,93,115)(H,94,117)(H,95,120)(H,96,118)(H,97,116)(H,98,119)(H,99,107)(H,100,121)(H,108,109)(H4,78,79,84)(H4,80,81,85)(H4,82,83,86)/t35-,36-,37?,38?,41-,42-,43-,44-,45-,46-,47-,48-,49-,50?,51?,54-,55?,56-,57+,58?,59+,60+,72-,73-/m0/s1. The lowest BCUT2D eigenvalue weighted by Gasteiger charge is -2.48. The molecule has 0 aromatic rings. The molecule has 50 nitrogen and oxygen atoms in total. The summed E-state index contributed by atoms with van der Waals surface area (Å²) < 4.78 is 17.8. The number of aliphatic imine (C=N–C) groups is 3. The molecule has 127 heavy (non-hydrogen) atoms. The summed E-state index contributed by atoms with van der Waals surface area (Å²) >= 11 is 1.51. The number of aliphatic hydroxyl groups is 7. The molecule has 2 fully saturated rings. The summed E-state index contributed by atoms with van der Waals surface area (Å²) in [6, 6.07) is -22.6. The topological polar surface area (TPSA) is 833 Å². The Labute approximate surface area is 740 Å². The fourth-order valence-corrected chi connectivity index (χ4v) is 14.0. The van der Waals surface area contributed by atoms with Crippen LogP contribution < -0.4 is 115 Å². The molecule has 24 atom stereocenters. The fraction of sp³-hybridized carbons (Fsp3) is 0.763. The van der Waals surface area contributed by atoms with E-state index in [4.69, 9.17) is 54.3 Å². The minimum absolute atomic E-state index is 0.0311. The van der Waals surface area contributed by atoms with Crippen molar-refractivity contribution in [1.82, 2.24) is 74.4 Å². The van der Waals surface area contributed by atoms with Gasteiger partial charge in [0.25, 0.3) is 0 Å². The van der Waals surface area contributed by atoms with Crippen molar-refractivity contribution in [3.63, 3.8) is 0 Å². The molecule has 0 bridgehead atoms. The van der Waals surface area contributed by atoms with E-state index in [1.165, 1.54) is 25.6 Å². The fourth-order valence-electron chi connectivity index (χ4n) is 13.1. The van der Waals surface area contributed by atoms with Gasteiger partial charge in [0.1, 0.15) is 109 Å². The van der Waals surface area contributed by atoms with E-state index in [1.807, 2.05) is 13.8 Å². The number of carboxylic acid groups (broad SMARTS) is 1. The molecule has 2 aliphatic rings. The lowest BCUT2D eigenvalue weighted by atomic mass is 9.94. The number of aliphatic carboxylic acids is 1. The van der Waals surface area contributed by atoms with Crippen LogP contribution in [0.4, 0.5) is 0 Å². The number of nitrogens with zero attached hydrogens (tertiary/aromatic N) is 3. The van der Waals surface area contributed by atoms with Gasteiger partial charge in [0.15, 0.2) is 30.4 Å². The molecule has 51 heteroatoms. The van der Waals surface area contributed by atoms with Gasteiger partial charge in [0, 0.05) is 44.8 Å². The number of carbonyl (C=O) groups is 15. The summed E-state index contributed by atoms with van der Waals surface area (Å²) in [5.41, 5.74) is 39.0. The number of nitrogens with two attached hydrogens (primary N) is 7. The molecule has 0 radical (unpaired) electrons. The van der Waals surface area contributed by atoms with Crippen LogP contribution in [0.2, 0.25) is 0 Å². The molecule has 2 aliphatic heterocycles. The molecule has 0 aromatic carbocycles. The molecule has 0 aromatic heterocycles. The SMILES string of the molecule is CCSC(C)[C@H](C)NC(=O)[C@@H](NC(=O)[C@H](CC(=O)O)NC(=O)[C@H](CCCN=C(N)N)NC(=O)[C@H](CO)NC(=O)[C@H](CC(C)C)NC(=O)[C@H](CC(=O)N[C@H]1OC(CO)[C@@H](O[C@@H]2OC(CO)[C@@H](O)C(O)[C@@H]2NC(C)=O)[C@H](O)C1NC(C)=O)NC(=O)[C@H](CC(C)C)NC(=O)[C@H](CC(C)C)NC(=O)[C@H](CCCN=C(N)N)NC(=O)[C@H](CCCN=C(N)N)NC(=O)[C@H](C)N)C(C)O. The number of guanidine groups is 3. The van der Waals surface area contributed by atoms with Crippen molar-refractivity contribution < 1.29 is 127 Å². The Bertz CT molecular complexity index is 3710. The van der Waals surface area contributed by atoms with Gasteiger partial charge in [-0.2, -0.15) is 11.8 Å². The third kappa shape index (κ3) is 40.7. The van der Waals surface area contributed by atoms with Crippen molar-refractivity contribution in [2.24, 2.45) is 72.9 Å². The van der Waals surface area contributed by atoms with E-state index in [9.17, 15) is 103 Å².